The lowest BCUT2D eigenvalue weighted by Gasteiger charge is -2.14. The number of rotatable bonds is 3. The number of amides is 2. The molecular weight excluding hydrogens is 253 g/mol. The zero-order valence-corrected chi connectivity index (χ0v) is 10.5. The van der Waals surface area contributed by atoms with E-state index in [1.807, 2.05) is 6.92 Å². The van der Waals surface area contributed by atoms with E-state index in [1.54, 1.807) is 23.7 Å². The second-order valence-corrected chi connectivity index (χ2v) is 4.60. The van der Waals surface area contributed by atoms with Crippen LogP contribution in [-0.2, 0) is 0 Å². The first kappa shape index (κ1) is 12.5. The Bertz CT molecular complexity index is 513. The van der Waals surface area contributed by atoms with Gasteiger partial charge in [-0.15, -0.1) is 11.3 Å². The van der Waals surface area contributed by atoms with Crippen molar-refractivity contribution in [2.24, 2.45) is 0 Å². The molecule has 2 aromatic rings. The van der Waals surface area contributed by atoms with Gasteiger partial charge in [0.05, 0.1) is 6.04 Å². The molecule has 0 radical (unpaired) electrons. The molecule has 2 rings (SSSR count). The van der Waals surface area contributed by atoms with E-state index in [0.29, 0.717) is 5.13 Å². The van der Waals surface area contributed by atoms with Gasteiger partial charge in [-0.1, -0.05) is 12.1 Å². The number of nitrogens with zero attached hydrogens (tertiary/aromatic N) is 1. The van der Waals surface area contributed by atoms with E-state index in [-0.39, 0.29) is 17.9 Å². The summed E-state index contributed by atoms with van der Waals surface area (Å²) in [6, 6.07) is 5.48. The van der Waals surface area contributed by atoms with Crippen LogP contribution in [0.4, 0.5) is 14.3 Å². The molecular formula is C12H12FN3OS. The molecule has 0 aliphatic carbocycles. The number of hydrogen-bond donors (Lipinski definition) is 2. The van der Waals surface area contributed by atoms with E-state index in [0.717, 1.165) is 5.56 Å². The summed E-state index contributed by atoms with van der Waals surface area (Å²) in [4.78, 5) is 15.6. The maximum atomic E-state index is 12.8. The number of thiazole rings is 1. The lowest BCUT2D eigenvalue weighted by molar-refractivity contribution is 0.249. The first-order chi connectivity index (χ1) is 8.65. The smallest absolute Gasteiger partial charge is 0.321 e. The van der Waals surface area contributed by atoms with Gasteiger partial charge in [0.25, 0.3) is 0 Å². The fourth-order valence-corrected chi connectivity index (χ4v) is 1.97. The number of urea groups is 1. The highest BCUT2D eigenvalue weighted by Gasteiger charge is 2.10. The van der Waals surface area contributed by atoms with Crippen molar-refractivity contribution in [3.8, 4) is 0 Å². The van der Waals surface area contributed by atoms with Gasteiger partial charge in [0.1, 0.15) is 5.82 Å². The largest absolute Gasteiger partial charge is 0.331 e. The summed E-state index contributed by atoms with van der Waals surface area (Å²) in [5.74, 6) is -0.293. The van der Waals surface area contributed by atoms with Crippen LogP contribution < -0.4 is 10.6 Å². The van der Waals surface area contributed by atoms with E-state index in [2.05, 4.69) is 15.6 Å². The van der Waals surface area contributed by atoms with Crippen molar-refractivity contribution in [3.63, 3.8) is 0 Å². The Balaban J connectivity index is 1.92. The molecule has 0 saturated heterocycles. The van der Waals surface area contributed by atoms with Crippen LogP contribution in [0.25, 0.3) is 0 Å². The number of anilines is 1. The molecule has 94 valence electrons. The zero-order chi connectivity index (χ0) is 13.0. The summed E-state index contributed by atoms with van der Waals surface area (Å²) in [5, 5.41) is 7.68. The van der Waals surface area contributed by atoms with Gasteiger partial charge in [0, 0.05) is 11.6 Å². The fourth-order valence-electron chi connectivity index (χ4n) is 1.45. The number of nitrogens with one attached hydrogen (secondary N) is 2. The van der Waals surface area contributed by atoms with Crippen molar-refractivity contribution < 1.29 is 9.18 Å². The third-order valence-electron chi connectivity index (χ3n) is 2.37. The van der Waals surface area contributed by atoms with Crippen molar-refractivity contribution in [3.05, 3.63) is 47.2 Å². The van der Waals surface area contributed by atoms with Crippen LogP contribution in [0, 0.1) is 5.82 Å². The average Bonchev–Trinajstić information content (AvgIpc) is 2.82. The Hall–Kier alpha value is -1.95. The predicted molar refractivity (Wildman–Crippen MR) is 69.1 cm³/mol. The van der Waals surface area contributed by atoms with Crippen molar-refractivity contribution >= 4 is 22.5 Å². The highest BCUT2D eigenvalue weighted by atomic mass is 32.1. The average molecular weight is 265 g/mol. The normalized spacial score (nSPS) is 11.9. The number of carbonyl (C=O) groups is 1. The summed E-state index contributed by atoms with van der Waals surface area (Å²) in [5.41, 5.74) is 0.839. The molecule has 0 bridgehead atoms. The van der Waals surface area contributed by atoms with Crippen LogP contribution in [0.3, 0.4) is 0 Å². The molecule has 4 nitrogen and oxygen atoms in total. The molecule has 0 aliphatic heterocycles. The summed E-state index contributed by atoms with van der Waals surface area (Å²) >= 11 is 1.34. The van der Waals surface area contributed by atoms with Crippen molar-refractivity contribution in [2.75, 3.05) is 5.32 Å². The fraction of sp³-hybridized carbons (Fsp3) is 0.167. The van der Waals surface area contributed by atoms with Gasteiger partial charge in [-0.05, 0) is 24.6 Å². The van der Waals surface area contributed by atoms with Gasteiger partial charge in [-0.25, -0.2) is 14.2 Å². The van der Waals surface area contributed by atoms with Gasteiger partial charge in [-0.2, -0.15) is 0 Å². The molecule has 0 fully saturated rings. The van der Waals surface area contributed by atoms with E-state index in [9.17, 15) is 9.18 Å². The van der Waals surface area contributed by atoms with Crippen molar-refractivity contribution in [1.29, 1.82) is 0 Å². The molecule has 0 unspecified atom stereocenters. The van der Waals surface area contributed by atoms with Crippen molar-refractivity contribution in [1.82, 2.24) is 10.3 Å². The molecule has 2 amide bonds. The van der Waals surface area contributed by atoms with Crippen LogP contribution in [0.1, 0.15) is 18.5 Å². The summed E-state index contributed by atoms with van der Waals surface area (Å²) in [6.07, 6.45) is 1.61. The Morgan fingerprint density at radius 3 is 2.72 bits per heavy atom. The third-order valence-corrected chi connectivity index (χ3v) is 3.06. The maximum Gasteiger partial charge on any atom is 0.321 e. The molecule has 1 atom stereocenters. The van der Waals surface area contributed by atoms with Crippen LogP contribution >= 0.6 is 11.3 Å². The Morgan fingerprint density at radius 2 is 2.11 bits per heavy atom. The number of aromatic nitrogens is 1. The number of hydrogen-bond acceptors (Lipinski definition) is 3. The topological polar surface area (TPSA) is 54.0 Å². The van der Waals surface area contributed by atoms with E-state index in [1.165, 1.54) is 23.5 Å². The quantitative estimate of drug-likeness (QED) is 0.895. The molecule has 1 aromatic heterocycles. The minimum atomic E-state index is -0.332. The van der Waals surface area contributed by atoms with E-state index in [4.69, 9.17) is 0 Å². The lowest BCUT2D eigenvalue weighted by atomic mass is 10.1. The molecule has 1 heterocycles. The first-order valence-electron chi connectivity index (χ1n) is 5.37. The summed E-state index contributed by atoms with van der Waals surface area (Å²) in [6.45, 7) is 1.83. The van der Waals surface area contributed by atoms with Gasteiger partial charge in [0.2, 0.25) is 0 Å². The minimum absolute atomic E-state index is 0.203. The molecule has 0 saturated carbocycles. The molecule has 6 heteroatoms. The molecule has 0 spiro atoms. The second kappa shape index (κ2) is 5.59. The lowest BCUT2D eigenvalue weighted by Crippen LogP contribution is -2.31. The van der Waals surface area contributed by atoms with Crippen LogP contribution in [0.15, 0.2) is 35.8 Å². The Labute approximate surface area is 108 Å². The number of halogens is 1. The zero-order valence-electron chi connectivity index (χ0n) is 9.68. The van der Waals surface area contributed by atoms with Gasteiger partial charge >= 0.3 is 6.03 Å². The highest BCUT2D eigenvalue weighted by Crippen LogP contribution is 2.14. The number of benzene rings is 1. The third kappa shape index (κ3) is 3.27. The van der Waals surface area contributed by atoms with Gasteiger partial charge in [0.15, 0.2) is 5.13 Å². The highest BCUT2D eigenvalue weighted by molar-refractivity contribution is 7.13. The van der Waals surface area contributed by atoms with Gasteiger partial charge in [-0.3, -0.25) is 5.32 Å². The van der Waals surface area contributed by atoms with E-state index >= 15 is 0 Å². The summed E-state index contributed by atoms with van der Waals surface area (Å²) in [7, 11) is 0. The van der Waals surface area contributed by atoms with Crippen LogP contribution in [0.2, 0.25) is 0 Å². The van der Waals surface area contributed by atoms with Crippen LogP contribution in [0.5, 0.6) is 0 Å². The first-order valence-corrected chi connectivity index (χ1v) is 6.25. The molecule has 0 aliphatic rings. The molecule has 2 N–H and O–H groups in total. The monoisotopic (exact) mass is 265 g/mol. The Kier molecular flexibility index (Phi) is 3.88. The maximum absolute atomic E-state index is 12.8. The Morgan fingerprint density at radius 1 is 1.39 bits per heavy atom. The minimum Gasteiger partial charge on any atom is -0.331 e. The van der Waals surface area contributed by atoms with E-state index < -0.39 is 0 Å². The van der Waals surface area contributed by atoms with Crippen LogP contribution in [-0.4, -0.2) is 11.0 Å². The van der Waals surface area contributed by atoms with Gasteiger partial charge < -0.3 is 5.32 Å². The van der Waals surface area contributed by atoms with Crippen molar-refractivity contribution in [2.45, 2.75) is 13.0 Å². The number of carbonyl (C=O) groups excluding carboxylic acids is 1. The molecule has 1 aromatic carbocycles. The SMILES string of the molecule is C[C@H](NC(=O)Nc1nccs1)c1ccc(F)cc1. The predicted octanol–water partition coefficient (Wildman–Crippen LogP) is 3.16. The summed E-state index contributed by atoms with van der Waals surface area (Å²) < 4.78 is 12.8. The standard InChI is InChI=1S/C12H12FN3OS/c1-8(9-2-4-10(13)5-3-9)15-11(17)16-12-14-6-7-18-12/h2-8H,1H3,(H2,14,15,16,17)/t8-/m0/s1. The molecule has 18 heavy (non-hydrogen) atoms. The second-order valence-electron chi connectivity index (χ2n) is 3.71.